The molecule has 0 saturated carbocycles. The Balaban J connectivity index is 2.67. The summed E-state index contributed by atoms with van der Waals surface area (Å²) >= 11 is 3.45. The van der Waals surface area contributed by atoms with Gasteiger partial charge in [0.05, 0.1) is 6.54 Å². The van der Waals surface area contributed by atoms with Gasteiger partial charge in [0.25, 0.3) is 0 Å². The predicted octanol–water partition coefficient (Wildman–Crippen LogP) is 2.45. The first kappa shape index (κ1) is 8.44. The van der Waals surface area contributed by atoms with E-state index in [9.17, 15) is 0 Å². The number of nitrogens with zero attached hydrogens (tertiary/aromatic N) is 2. The van der Waals surface area contributed by atoms with Crippen LogP contribution in [0.1, 0.15) is 0 Å². The molecule has 13 heavy (non-hydrogen) atoms. The zero-order valence-corrected chi connectivity index (χ0v) is 8.45. The first-order valence-corrected chi connectivity index (χ1v) is 4.70. The van der Waals surface area contributed by atoms with Crippen LogP contribution in [0.4, 0.5) is 0 Å². The van der Waals surface area contributed by atoms with E-state index in [2.05, 4.69) is 20.9 Å². The van der Waals surface area contributed by atoms with E-state index in [1.165, 1.54) is 6.21 Å². The van der Waals surface area contributed by atoms with Crippen LogP contribution >= 0.6 is 15.9 Å². The minimum Gasteiger partial charge on any atom is -0.327 e. The molecule has 2 rings (SSSR count). The molecule has 0 aliphatic carbocycles. The lowest BCUT2D eigenvalue weighted by Gasteiger charge is -1.99. The number of pyridine rings is 1. The van der Waals surface area contributed by atoms with E-state index in [1.54, 1.807) is 6.20 Å². The van der Waals surface area contributed by atoms with Crippen LogP contribution in [0, 0.1) is 5.41 Å². The lowest BCUT2D eigenvalue weighted by molar-refractivity contribution is 0.891. The minimum absolute atomic E-state index is 0.576. The molecule has 3 nitrogen and oxygen atoms in total. The van der Waals surface area contributed by atoms with Gasteiger partial charge in [-0.3, -0.25) is 0 Å². The standard InChI is InChI=1S/C9H8BrN3/c10-8-1-4-12-9-7(8)2-5-13(9)6-3-11/h1-5,11H,6H2. The molecule has 0 fully saturated rings. The van der Waals surface area contributed by atoms with Crippen LogP contribution in [0.2, 0.25) is 0 Å². The summed E-state index contributed by atoms with van der Waals surface area (Å²) in [5, 5.41) is 8.11. The monoisotopic (exact) mass is 237 g/mol. The Hall–Kier alpha value is -1.16. The van der Waals surface area contributed by atoms with Crippen molar-refractivity contribution in [1.29, 1.82) is 5.41 Å². The van der Waals surface area contributed by atoms with E-state index in [-0.39, 0.29) is 0 Å². The molecule has 0 unspecified atom stereocenters. The van der Waals surface area contributed by atoms with E-state index in [1.807, 2.05) is 22.9 Å². The van der Waals surface area contributed by atoms with E-state index in [4.69, 9.17) is 5.41 Å². The van der Waals surface area contributed by atoms with Crippen molar-refractivity contribution in [2.45, 2.75) is 6.54 Å². The third-order valence-corrected chi connectivity index (χ3v) is 2.59. The fourth-order valence-electron chi connectivity index (χ4n) is 1.30. The number of fused-ring (bicyclic) bond motifs is 1. The molecule has 2 aromatic rings. The zero-order valence-electron chi connectivity index (χ0n) is 6.87. The van der Waals surface area contributed by atoms with Crippen LogP contribution < -0.4 is 0 Å². The quantitative estimate of drug-likeness (QED) is 0.802. The van der Waals surface area contributed by atoms with Crippen molar-refractivity contribution in [3.63, 3.8) is 0 Å². The second-order valence-corrected chi connectivity index (χ2v) is 3.56. The molecule has 0 spiro atoms. The highest BCUT2D eigenvalue weighted by atomic mass is 79.9. The summed E-state index contributed by atoms with van der Waals surface area (Å²) in [5.74, 6) is 0. The first-order chi connectivity index (χ1) is 6.33. The summed E-state index contributed by atoms with van der Waals surface area (Å²) in [6.45, 7) is 0.576. The Morgan fingerprint density at radius 1 is 1.54 bits per heavy atom. The van der Waals surface area contributed by atoms with Gasteiger partial charge < -0.3 is 9.98 Å². The summed E-state index contributed by atoms with van der Waals surface area (Å²) in [6.07, 6.45) is 5.06. The average molecular weight is 238 g/mol. The van der Waals surface area contributed by atoms with Crippen molar-refractivity contribution in [2.24, 2.45) is 0 Å². The number of hydrogen-bond acceptors (Lipinski definition) is 2. The zero-order chi connectivity index (χ0) is 9.26. The fourth-order valence-corrected chi connectivity index (χ4v) is 1.73. The molecule has 66 valence electrons. The number of aromatic nitrogens is 2. The predicted molar refractivity (Wildman–Crippen MR) is 56.2 cm³/mol. The molecule has 0 bridgehead atoms. The molecule has 2 aromatic heterocycles. The normalized spacial score (nSPS) is 10.5. The van der Waals surface area contributed by atoms with Gasteiger partial charge in [-0.2, -0.15) is 0 Å². The molecule has 0 radical (unpaired) electrons. The van der Waals surface area contributed by atoms with Crippen LogP contribution in [0.25, 0.3) is 11.0 Å². The maximum absolute atomic E-state index is 7.02. The van der Waals surface area contributed by atoms with Gasteiger partial charge >= 0.3 is 0 Å². The van der Waals surface area contributed by atoms with Crippen LogP contribution in [-0.4, -0.2) is 15.8 Å². The molecule has 0 aliphatic heterocycles. The lowest BCUT2D eigenvalue weighted by atomic mass is 10.3. The molecule has 0 aliphatic rings. The summed E-state index contributed by atoms with van der Waals surface area (Å²) in [6, 6.07) is 3.91. The third kappa shape index (κ3) is 1.37. The fraction of sp³-hybridized carbons (Fsp3) is 0.111. The van der Waals surface area contributed by atoms with Crippen molar-refractivity contribution in [2.75, 3.05) is 0 Å². The van der Waals surface area contributed by atoms with E-state index in [0.29, 0.717) is 6.54 Å². The SMILES string of the molecule is N=CCn1ccc2c(Br)ccnc21. The molecular formula is C9H8BrN3. The molecular weight excluding hydrogens is 230 g/mol. The summed E-state index contributed by atoms with van der Waals surface area (Å²) in [7, 11) is 0. The lowest BCUT2D eigenvalue weighted by Crippen LogP contribution is -1.97. The van der Waals surface area contributed by atoms with Crippen molar-refractivity contribution >= 4 is 33.2 Å². The molecule has 0 aromatic carbocycles. The van der Waals surface area contributed by atoms with Gasteiger partial charge in [0.15, 0.2) is 0 Å². The smallest absolute Gasteiger partial charge is 0.141 e. The van der Waals surface area contributed by atoms with Gasteiger partial charge in [0.1, 0.15) is 5.65 Å². The highest BCUT2D eigenvalue weighted by Gasteiger charge is 2.03. The number of nitrogens with one attached hydrogen (secondary N) is 1. The molecule has 0 saturated heterocycles. The van der Waals surface area contributed by atoms with Crippen LogP contribution in [0.3, 0.4) is 0 Å². The van der Waals surface area contributed by atoms with Gasteiger partial charge in [0, 0.05) is 28.5 Å². The number of halogens is 1. The van der Waals surface area contributed by atoms with Gasteiger partial charge in [-0.25, -0.2) is 4.98 Å². The van der Waals surface area contributed by atoms with Gasteiger partial charge in [-0.15, -0.1) is 0 Å². The Bertz CT molecular complexity index is 447. The Labute approximate surface area is 84.0 Å². The Morgan fingerprint density at radius 2 is 2.38 bits per heavy atom. The second kappa shape index (κ2) is 3.30. The van der Waals surface area contributed by atoms with Crippen molar-refractivity contribution in [3.05, 3.63) is 29.0 Å². The van der Waals surface area contributed by atoms with Crippen molar-refractivity contribution in [3.8, 4) is 0 Å². The van der Waals surface area contributed by atoms with Crippen LogP contribution in [0.15, 0.2) is 29.0 Å². The Kier molecular flexibility index (Phi) is 2.14. The largest absolute Gasteiger partial charge is 0.327 e. The Morgan fingerprint density at radius 3 is 3.15 bits per heavy atom. The molecule has 1 N–H and O–H groups in total. The summed E-state index contributed by atoms with van der Waals surface area (Å²) in [4.78, 5) is 4.25. The van der Waals surface area contributed by atoms with Crippen LogP contribution in [-0.2, 0) is 6.54 Å². The minimum atomic E-state index is 0.576. The highest BCUT2D eigenvalue weighted by molar-refractivity contribution is 9.10. The summed E-state index contributed by atoms with van der Waals surface area (Å²) in [5.41, 5.74) is 0.915. The topological polar surface area (TPSA) is 41.7 Å². The van der Waals surface area contributed by atoms with Gasteiger partial charge in [-0.1, -0.05) is 0 Å². The number of rotatable bonds is 2. The van der Waals surface area contributed by atoms with Gasteiger partial charge in [-0.05, 0) is 28.1 Å². The third-order valence-electron chi connectivity index (χ3n) is 1.90. The summed E-state index contributed by atoms with van der Waals surface area (Å²) < 4.78 is 2.98. The molecule has 0 amide bonds. The van der Waals surface area contributed by atoms with Crippen molar-refractivity contribution in [1.82, 2.24) is 9.55 Å². The molecule has 2 heterocycles. The van der Waals surface area contributed by atoms with E-state index in [0.717, 1.165) is 15.5 Å². The maximum atomic E-state index is 7.02. The van der Waals surface area contributed by atoms with E-state index >= 15 is 0 Å². The van der Waals surface area contributed by atoms with E-state index < -0.39 is 0 Å². The van der Waals surface area contributed by atoms with Crippen LogP contribution in [0.5, 0.6) is 0 Å². The van der Waals surface area contributed by atoms with Crippen molar-refractivity contribution < 1.29 is 0 Å². The second-order valence-electron chi connectivity index (χ2n) is 2.70. The highest BCUT2D eigenvalue weighted by Crippen LogP contribution is 2.22. The first-order valence-electron chi connectivity index (χ1n) is 3.91. The maximum Gasteiger partial charge on any atom is 0.141 e. The van der Waals surface area contributed by atoms with Gasteiger partial charge in [0.2, 0.25) is 0 Å². The molecule has 4 heteroatoms. The average Bonchev–Trinajstić information content (AvgIpc) is 2.51. The number of hydrogen-bond donors (Lipinski definition) is 1. The molecule has 0 atom stereocenters.